The van der Waals surface area contributed by atoms with Gasteiger partial charge in [-0.3, -0.25) is 0 Å². The molecular weight excluding hydrogens is 251 g/mol. The average Bonchev–Trinajstić information content (AvgIpc) is 2.62. The second-order valence-electron chi connectivity index (χ2n) is 3.47. The first-order valence-corrected chi connectivity index (χ1v) is 4.80. The first-order valence-electron chi connectivity index (χ1n) is 4.80. The van der Waals surface area contributed by atoms with Gasteiger partial charge < -0.3 is 9.84 Å². The number of alkyl halides is 3. The van der Waals surface area contributed by atoms with Crippen LogP contribution in [-0.4, -0.2) is 26.5 Å². The summed E-state index contributed by atoms with van der Waals surface area (Å²) < 4.78 is 41.9. The van der Waals surface area contributed by atoms with Crippen LogP contribution in [0.15, 0.2) is 24.4 Å². The van der Waals surface area contributed by atoms with Crippen molar-refractivity contribution in [2.75, 3.05) is 0 Å². The molecule has 2 aromatic rings. The third-order valence-electron chi connectivity index (χ3n) is 2.18. The second-order valence-corrected chi connectivity index (χ2v) is 3.47. The van der Waals surface area contributed by atoms with Crippen molar-refractivity contribution in [2.24, 2.45) is 7.05 Å². The van der Waals surface area contributed by atoms with Crippen LogP contribution < -0.4 is 4.74 Å². The summed E-state index contributed by atoms with van der Waals surface area (Å²) in [4.78, 5) is 0. The van der Waals surface area contributed by atoms with Crippen molar-refractivity contribution >= 4 is 0 Å². The molecule has 0 unspecified atom stereocenters. The number of ether oxygens (including phenoxy) is 1. The first-order chi connectivity index (χ1) is 8.37. The third-order valence-corrected chi connectivity index (χ3v) is 2.18. The Morgan fingerprint density at radius 2 is 2.06 bits per heavy atom. The zero-order valence-corrected chi connectivity index (χ0v) is 9.14. The van der Waals surface area contributed by atoms with Crippen LogP contribution >= 0.6 is 0 Å². The molecule has 96 valence electrons. The highest BCUT2D eigenvalue weighted by atomic mass is 19.4. The highest BCUT2D eigenvalue weighted by molar-refractivity contribution is 5.68. The number of hydrogen-bond donors (Lipinski definition) is 1. The number of aryl methyl sites for hydroxylation is 1. The summed E-state index contributed by atoms with van der Waals surface area (Å²) in [6.07, 6.45) is -3.54. The quantitative estimate of drug-likeness (QED) is 0.897. The van der Waals surface area contributed by atoms with Gasteiger partial charge in [-0.1, -0.05) is 5.21 Å². The fraction of sp³-hybridized carbons (Fsp3) is 0.200. The Bertz CT molecular complexity index is 566. The maximum absolute atomic E-state index is 12.3. The van der Waals surface area contributed by atoms with Gasteiger partial charge in [0.05, 0.1) is 11.9 Å². The molecule has 0 amide bonds. The summed E-state index contributed by atoms with van der Waals surface area (Å²) in [6.45, 7) is 0. The minimum absolute atomic E-state index is 0.137. The summed E-state index contributed by atoms with van der Waals surface area (Å²) in [5, 5.41) is 16.4. The molecule has 0 bridgehead atoms. The number of rotatable bonds is 2. The third kappa shape index (κ3) is 2.53. The van der Waals surface area contributed by atoms with Crippen LogP contribution in [-0.2, 0) is 7.05 Å². The van der Waals surface area contributed by atoms with E-state index in [1.165, 1.54) is 30.1 Å². The Morgan fingerprint density at radius 3 is 2.61 bits per heavy atom. The van der Waals surface area contributed by atoms with Crippen LogP contribution in [0.4, 0.5) is 13.2 Å². The molecule has 18 heavy (non-hydrogen) atoms. The smallest absolute Gasteiger partial charge is 0.508 e. The van der Waals surface area contributed by atoms with Gasteiger partial charge in [-0.2, -0.15) is 0 Å². The zero-order valence-electron chi connectivity index (χ0n) is 9.14. The summed E-state index contributed by atoms with van der Waals surface area (Å²) in [7, 11) is 1.53. The molecule has 0 fully saturated rings. The van der Waals surface area contributed by atoms with E-state index in [0.717, 1.165) is 6.07 Å². The maximum Gasteiger partial charge on any atom is 0.573 e. The van der Waals surface area contributed by atoms with E-state index in [1.54, 1.807) is 0 Å². The Kier molecular flexibility index (Phi) is 2.85. The molecule has 0 aliphatic heterocycles. The fourth-order valence-electron chi connectivity index (χ4n) is 1.47. The van der Waals surface area contributed by atoms with E-state index in [4.69, 9.17) is 0 Å². The van der Waals surface area contributed by atoms with E-state index in [-0.39, 0.29) is 11.3 Å². The molecule has 0 saturated heterocycles. The molecule has 2 rings (SSSR count). The SMILES string of the molecule is Cn1nncc1-c1ccc(O)cc1OC(F)(F)F. The van der Waals surface area contributed by atoms with E-state index < -0.39 is 12.1 Å². The van der Waals surface area contributed by atoms with Crippen molar-refractivity contribution in [3.63, 3.8) is 0 Å². The van der Waals surface area contributed by atoms with Crippen LogP contribution in [0, 0.1) is 0 Å². The minimum atomic E-state index is -4.84. The fourth-order valence-corrected chi connectivity index (χ4v) is 1.47. The number of hydrogen-bond acceptors (Lipinski definition) is 4. The lowest BCUT2D eigenvalue weighted by Crippen LogP contribution is -2.17. The standard InChI is InChI=1S/C10H8F3N3O2/c1-16-8(5-14-15-16)7-3-2-6(17)4-9(7)18-10(11,12)13/h2-5,17H,1H3. The predicted molar refractivity (Wildman–Crippen MR) is 54.8 cm³/mol. The van der Waals surface area contributed by atoms with E-state index in [1.807, 2.05) is 0 Å². The molecule has 0 saturated carbocycles. The summed E-state index contributed by atoms with van der Waals surface area (Å²) >= 11 is 0. The highest BCUT2D eigenvalue weighted by Gasteiger charge is 2.32. The lowest BCUT2D eigenvalue weighted by Gasteiger charge is -2.13. The highest BCUT2D eigenvalue weighted by Crippen LogP contribution is 2.35. The molecule has 1 aromatic heterocycles. The largest absolute Gasteiger partial charge is 0.573 e. The van der Waals surface area contributed by atoms with Crippen molar-refractivity contribution < 1.29 is 23.0 Å². The van der Waals surface area contributed by atoms with E-state index >= 15 is 0 Å². The van der Waals surface area contributed by atoms with Crippen LogP contribution in [0.3, 0.4) is 0 Å². The number of phenols is 1. The predicted octanol–water partition coefficient (Wildman–Crippen LogP) is 2.09. The average molecular weight is 259 g/mol. The molecule has 8 heteroatoms. The van der Waals surface area contributed by atoms with E-state index in [2.05, 4.69) is 15.0 Å². The van der Waals surface area contributed by atoms with Crippen LogP contribution in [0.25, 0.3) is 11.3 Å². The number of halogens is 3. The summed E-state index contributed by atoms with van der Waals surface area (Å²) in [5.74, 6) is -0.832. The Morgan fingerprint density at radius 1 is 1.33 bits per heavy atom. The van der Waals surface area contributed by atoms with Gasteiger partial charge in [0.2, 0.25) is 0 Å². The lowest BCUT2D eigenvalue weighted by atomic mass is 10.1. The molecule has 1 aromatic carbocycles. The summed E-state index contributed by atoms with van der Waals surface area (Å²) in [5.41, 5.74) is 0.479. The van der Waals surface area contributed by atoms with Gasteiger partial charge in [0.1, 0.15) is 11.5 Å². The molecule has 0 aliphatic rings. The molecule has 0 atom stereocenters. The van der Waals surface area contributed by atoms with Crippen molar-refractivity contribution in [1.82, 2.24) is 15.0 Å². The van der Waals surface area contributed by atoms with Crippen molar-refractivity contribution in [3.8, 4) is 22.8 Å². The van der Waals surface area contributed by atoms with Gasteiger partial charge in [0.15, 0.2) is 0 Å². The van der Waals surface area contributed by atoms with Gasteiger partial charge in [-0.25, -0.2) is 4.68 Å². The van der Waals surface area contributed by atoms with Gasteiger partial charge in [-0.05, 0) is 12.1 Å². The molecule has 5 nitrogen and oxygen atoms in total. The van der Waals surface area contributed by atoms with Gasteiger partial charge in [0, 0.05) is 18.7 Å². The lowest BCUT2D eigenvalue weighted by molar-refractivity contribution is -0.274. The molecule has 1 heterocycles. The van der Waals surface area contributed by atoms with Gasteiger partial charge >= 0.3 is 6.36 Å². The van der Waals surface area contributed by atoms with Crippen LogP contribution in [0.5, 0.6) is 11.5 Å². The van der Waals surface area contributed by atoms with Gasteiger partial charge in [0.25, 0.3) is 0 Å². The number of nitrogens with zero attached hydrogens (tertiary/aromatic N) is 3. The van der Waals surface area contributed by atoms with E-state index in [0.29, 0.717) is 5.69 Å². The Hall–Kier alpha value is -2.25. The first kappa shape index (κ1) is 12.2. The number of phenolic OH excluding ortho intramolecular Hbond substituents is 1. The number of aromatic hydroxyl groups is 1. The minimum Gasteiger partial charge on any atom is -0.508 e. The molecule has 0 aliphatic carbocycles. The zero-order chi connectivity index (χ0) is 13.3. The molecular formula is C10H8F3N3O2. The van der Waals surface area contributed by atoms with Crippen molar-refractivity contribution in [1.29, 1.82) is 0 Å². The molecule has 0 spiro atoms. The van der Waals surface area contributed by atoms with Gasteiger partial charge in [-0.15, -0.1) is 18.3 Å². The Labute approximate surface area is 99.4 Å². The maximum atomic E-state index is 12.3. The van der Waals surface area contributed by atoms with Crippen molar-refractivity contribution in [3.05, 3.63) is 24.4 Å². The molecule has 0 radical (unpaired) electrons. The topological polar surface area (TPSA) is 60.2 Å². The number of benzene rings is 1. The summed E-state index contributed by atoms with van der Waals surface area (Å²) in [6, 6.07) is 3.44. The monoisotopic (exact) mass is 259 g/mol. The van der Waals surface area contributed by atoms with Crippen LogP contribution in [0.1, 0.15) is 0 Å². The van der Waals surface area contributed by atoms with Crippen LogP contribution in [0.2, 0.25) is 0 Å². The van der Waals surface area contributed by atoms with E-state index in [9.17, 15) is 18.3 Å². The second kappa shape index (κ2) is 4.21. The molecule has 1 N–H and O–H groups in total. The number of aromatic nitrogens is 3. The normalized spacial score (nSPS) is 11.6. The Balaban J connectivity index is 2.51. The van der Waals surface area contributed by atoms with Crippen molar-refractivity contribution in [2.45, 2.75) is 6.36 Å².